The van der Waals surface area contributed by atoms with E-state index in [-0.39, 0.29) is 0 Å². The molecule has 1 rings (SSSR count). The summed E-state index contributed by atoms with van der Waals surface area (Å²) in [7, 11) is 0. The van der Waals surface area contributed by atoms with Gasteiger partial charge in [0.2, 0.25) is 0 Å². The van der Waals surface area contributed by atoms with E-state index in [0.29, 0.717) is 6.07 Å². The Morgan fingerprint density at radius 2 is 2.08 bits per heavy atom. The van der Waals surface area contributed by atoms with Crippen LogP contribution in [0.25, 0.3) is 0 Å². The first-order valence-electron chi connectivity index (χ1n) is 2.83. The quantitative estimate of drug-likeness (QED) is 0.604. The fourth-order valence-electron chi connectivity index (χ4n) is 0.629. The average molecular weight is 179 g/mol. The van der Waals surface area contributed by atoms with Gasteiger partial charge in [0.25, 0.3) is 0 Å². The zero-order valence-corrected chi connectivity index (χ0v) is 5.64. The second-order valence-electron chi connectivity index (χ2n) is 2.02. The minimum atomic E-state index is -4.60. The number of anilines is 1. The zero-order valence-electron chi connectivity index (χ0n) is 5.64. The third kappa shape index (κ3) is 1.74. The highest BCUT2D eigenvalue weighted by Crippen LogP contribution is 2.26. The molecule has 1 aromatic heterocycles. The third-order valence-corrected chi connectivity index (χ3v) is 1.07. The molecule has 0 aliphatic heterocycles. The van der Waals surface area contributed by atoms with E-state index in [4.69, 9.17) is 5.73 Å². The molecule has 0 fully saturated rings. The van der Waals surface area contributed by atoms with E-state index in [1.165, 1.54) is 4.98 Å². The molecule has 0 spiro atoms. The predicted molar refractivity (Wildman–Crippen MR) is 34.3 cm³/mol. The van der Waals surface area contributed by atoms with Gasteiger partial charge in [-0.25, -0.2) is 4.79 Å². The molecule has 1 aromatic rings. The number of alkyl halides is 3. The van der Waals surface area contributed by atoms with Crippen molar-refractivity contribution in [2.24, 2.45) is 0 Å². The Balaban J connectivity index is 3.27. The molecule has 66 valence electrons. The normalized spacial score (nSPS) is 11.6. The lowest BCUT2D eigenvalue weighted by Crippen LogP contribution is -2.19. The van der Waals surface area contributed by atoms with Crippen molar-refractivity contribution in [1.82, 2.24) is 9.97 Å². The maximum absolute atomic E-state index is 11.9. The van der Waals surface area contributed by atoms with Crippen LogP contribution in [0.15, 0.2) is 10.9 Å². The van der Waals surface area contributed by atoms with Crippen LogP contribution in [0.4, 0.5) is 19.0 Å². The van der Waals surface area contributed by atoms with Crippen molar-refractivity contribution in [3.8, 4) is 0 Å². The highest BCUT2D eigenvalue weighted by molar-refractivity contribution is 5.28. The van der Waals surface area contributed by atoms with Crippen molar-refractivity contribution >= 4 is 5.82 Å². The minimum absolute atomic E-state index is 0.453. The first-order chi connectivity index (χ1) is 5.39. The van der Waals surface area contributed by atoms with Gasteiger partial charge in [-0.3, -0.25) is 0 Å². The van der Waals surface area contributed by atoms with Gasteiger partial charge in [-0.05, 0) is 0 Å². The topological polar surface area (TPSA) is 71.8 Å². The van der Waals surface area contributed by atoms with Crippen LogP contribution in [-0.4, -0.2) is 9.97 Å². The number of hydrogen-bond acceptors (Lipinski definition) is 3. The molecule has 0 amide bonds. The lowest BCUT2D eigenvalue weighted by molar-refractivity contribution is -0.141. The van der Waals surface area contributed by atoms with Gasteiger partial charge in [0.05, 0.1) is 0 Å². The summed E-state index contributed by atoms with van der Waals surface area (Å²) in [6, 6.07) is 0.557. The Kier molecular flexibility index (Phi) is 1.79. The predicted octanol–water partition coefficient (Wildman–Crippen LogP) is 0.371. The fraction of sp³-hybridized carbons (Fsp3) is 0.200. The first kappa shape index (κ1) is 8.57. The summed E-state index contributed by atoms with van der Waals surface area (Å²) in [5, 5.41) is 0. The summed E-state index contributed by atoms with van der Waals surface area (Å²) in [4.78, 5) is 14.9. The molecule has 0 aromatic carbocycles. The molecule has 0 aliphatic carbocycles. The van der Waals surface area contributed by atoms with E-state index >= 15 is 0 Å². The summed E-state index contributed by atoms with van der Waals surface area (Å²) >= 11 is 0. The third-order valence-electron chi connectivity index (χ3n) is 1.07. The maximum Gasteiger partial charge on any atom is 0.431 e. The highest BCUT2D eigenvalue weighted by atomic mass is 19.4. The monoisotopic (exact) mass is 179 g/mol. The lowest BCUT2D eigenvalue weighted by atomic mass is 10.4. The Bertz CT molecular complexity index is 343. The average Bonchev–Trinajstić information content (AvgIpc) is 1.82. The number of nitrogen functional groups attached to an aromatic ring is 1. The van der Waals surface area contributed by atoms with Crippen molar-refractivity contribution in [1.29, 1.82) is 0 Å². The van der Waals surface area contributed by atoms with Crippen molar-refractivity contribution < 1.29 is 13.2 Å². The number of halogens is 3. The van der Waals surface area contributed by atoms with Crippen LogP contribution in [0.5, 0.6) is 0 Å². The van der Waals surface area contributed by atoms with Gasteiger partial charge in [0.1, 0.15) is 11.5 Å². The highest BCUT2D eigenvalue weighted by Gasteiger charge is 2.32. The Labute approximate surface area is 64.2 Å². The van der Waals surface area contributed by atoms with Gasteiger partial charge in [-0.1, -0.05) is 0 Å². The van der Waals surface area contributed by atoms with E-state index in [9.17, 15) is 18.0 Å². The SMILES string of the molecule is Nc1cc(C(F)(F)F)[nH]c(=O)n1. The molecule has 0 aliphatic rings. The lowest BCUT2D eigenvalue weighted by Gasteiger charge is -2.04. The molecule has 7 heteroatoms. The van der Waals surface area contributed by atoms with Crippen molar-refractivity contribution in [2.75, 3.05) is 5.73 Å². The number of nitrogens with zero attached hydrogens (tertiary/aromatic N) is 1. The molecule has 0 saturated heterocycles. The molecule has 12 heavy (non-hydrogen) atoms. The number of nitrogens with two attached hydrogens (primary N) is 1. The smallest absolute Gasteiger partial charge is 0.383 e. The van der Waals surface area contributed by atoms with E-state index < -0.39 is 23.4 Å². The van der Waals surface area contributed by atoms with E-state index in [1.54, 1.807) is 0 Å². The van der Waals surface area contributed by atoms with Gasteiger partial charge in [0, 0.05) is 6.07 Å². The van der Waals surface area contributed by atoms with Gasteiger partial charge in [-0.2, -0.15) is 18.2 Å². The molecule has 0 bridgehead atoms. The first-order valence-corrected chi connectivity index (χ1v) is 2.83. The largest absolute Gasteiger partial charge is 0.431 e. The number of hydrogen-bond donors (Lipinski definition) is 2. The van der Waals surface area contributed by atoms with E-state index in [1.807, 2.05) is 0 Å². The van der Waals surface area contributed by atoms with Crippen LogP contribution in [0, 0.1) is 0 Å². The van der Waals surface area contributed by atoms with Crippen molar-refractivity contribution in [2.45, 2.75) is 6.18 Å². The second kappa shape index (κ2) is 2.50. The Hall–Kier alpha value is -1.53. The van der Waals surface area contributed by atoms with Crippen LogP contribution in [0.2, 0.25) is 0 Å². The maximum atomic E-state index is 11.9. The van der Waals surface area contributed by atoms with Crippen LogP contribution in [0.1, 0.15) is 5.69 Å². The van der Waals surface area contributed by atoms with Crippen LogP contribution < -0.4 is 11.4 Å². The molecule has 1 heterocycles. The number of nitrogens with one attached hydrogen (secondary N) is 1. The molecule has 0 radical (unpaired) electrons. The summed E-state index contributed by atoms with van der Waals surface area (Å²) in [5.74, 6) is -0.453. The minimum Gasteiger partial charge on any atom is -0.383 e. The molecule has 4 nitrogen and oxygen atoms in total. The molecule has 3 N–H and O–H groups in total. The molecule has 0 unspecified atom stereocenters. The van der Waals surface area contributed by atoms with Gasteiger partial charge in [-0.15, -0.1) is 0 Å². The summed E-state index contributed by atoms with van der Waals surface area (Å²) in [6.07, 6.45) is -4.60. The summed E-state index contributed by atoms with van der Waals surface area (Å²) in [5.41, 5.74) is 2.62. The molecular weight excluding hydrogens is 175 g/mol. The van der Waals surface area contributed by atoms with E-state index in [2.05, 4.69) is 4.98 Å². The van der Waals surface area contributed by atoms with Crippen LogP contribution in [-0.2, 0) is 6.18 Å². The number of rotatable bonds is 0. The number of aromatic amines is 1. The van der Waals surface area contributed by atoms with Crippen LogP contribution >= 0.6 is 0 Å². The fourth-order valence-corrected chi connectivity index (χ4v) is 0.629. The summed E-state index contributed by atoms with van der Waals surface area (Å²) in [6.45, 7) is 0. The van der Waals surface area contributed by atoms with E-state index in [0.717, 1.165) is 0 Å². The van der Waals surface area contributed by atoms with Gasteiger partial charge in [0.15, 0.2) is 0 Å². The zero-order chi connectivity index (χ0) is 9.35. The van der Waals surface area contributed by atoms with Gasteiger partial charge < -0.3 is 10.7 Å². The second-order valence-corrected chi connectivity index (χ2v) is 2.02. The number of H-pyrrole nitrogens is 1. The van der Waals surface area contributed by atoms with Crippen molar-refractivity contribution in [3.63, 3.8) is 0 Å². The standard InChI is InChI=1S/C5H4F3N3O/c6-5(7,8)2-1-3(9)11-4(12)10-2/h1H,(H3,9,10,11,12). The number of aromatic nitrogens is 2. The molecular formula is C5H4F3N3O. The Morgan fingerprint density at radius 1 is 1.50 bits per heavy atom. The van der Waals surface area contributed by atoms with Crippen molar-refractivity contribution in [3.05, 3.63) is 22.2 Å². The van der Waals surface area contributed by atoms with Gasteiger partial charge >= 0.3 is 11.9 Å². The molecule has 0 atom stereocenters. The Morgan fingerprint density at radius 3 is 2.50 bits per heavy atom. The molecule has 0 saturated carbocycles. The summed E-state index contributed by atoms with van der Waals surface area (Å²) < 4.78 is 35.7. The van der Waals surface area contributed by atoms with Crippen LogP contribution in [0.3, 0.4) is 0 Å².